The van der Waals surface area contributed by atoms with E-state index in [-0.39, 0.29) is 11.9 Å². The van der Waals surface area contributed by atoms with Crippen molar-refractivity contribution in [2.75, 3.05) is 19.8 Å². The molecule has 6 nitrogen and oxygen atoms in total. The Labute approximate surface area is 135 Å². The molecule has 3 rings (SSSR count). The zero-order valence-electron chi connectivity index (χ0n) is 13.1. The first-order chi connectivity index (χ1) is 11.3. The Hall–Kier alpha value is -2.18. The molecule has 1 aromatic heterocycles. The third kappa shape index (κ3) is 4.64. The standard InChI is InChI=1S/C17H22N4O2/c22-17(10-16-13-23-9-7-18-16)19-11-14-4-1-2-5-15(14)12-21-8-3-6-20-21/h1-6,8,16,18H,7,9-13H2,(H,19,22). The zero-order valence-corrected chi connectivity index (χ0v) is 13.1. The first kappa shape index (κ1) is 15.7. The van der Waals surface area contributed by atoms with E-state index in [1.54, 1.807) is 6.20 Å². The molecule has 1 amide bonds. The highest BCUT2D eigenvalue weighted by Crippen LogP contribution is 2.10. The van der Waals surface area contributed by atoms with Crippen LogP contribution in [-0.2, 0) is 22.6 Å². The number of nitrogens with one attached hydrogen (secondary N) is 2. The molecule has 1 aliphatic heterocycles. The van der Waals surface area contributed by atoms with Gasteiger partial charge in [-0.3, -0.25) is 9.48 Å². The fraction of sp³-hybridized carbons (Fsp3) is 0.412. The molecule has 1 unspecified atom stereocenters. The van der Waals surface area contributed by atoms with Crippen LogP contribution in [0.25, 0.3) is 0 Å². The van der Waals surface area contributed by atoms with E-state index in [4.69, 9.17) is 4.74 Å². The molecule has 1 aromatic carbocycles. The lowest BCUT2D eigenvalue weighted by atomic mass is 10.1. The summed E-state index contributed by atoms with van der Waals surface area (Å²) >= 11 is 0. The zero-order chi connectivity index (χ0) is 15.9. The van der Waals surface area contributed by atoms with Gasteiger partial charge in [0.1, 0.15) is 0 Å². The number of benzene rings is 1. The number of amides is 1. The molecule has 2 heterocycles. The second-order valence-electron chi connectivity index (χ2n) is 5.68. The van der Waals surface area contributed by atoms with Gasteiger partial charge in [0, 0.05) is 37.9 Å². The predicted octanol–water partition coefficient (Wildman–Crippen LogP) is 0.926. The van der Waals surface area contributed by atoms with E-state index in [0.717, 1.165) is 24.3 Å². The normalized spacial score (nSPS) is 17.8. The highest BCUT2D eigenvalue weighted by molar-refractivity contribution is 5.76. The summed E-state index contributed by atoms with van der Waals surface area (Å²) in [5.41, 5.74) is 2.28. The SMILES string of the molecule is O=C(CC1COCCN1)NCc1ccccc1Cn1cccn1. The summed E-state index contributed by atoms with van der Waals surface area (Å²) in [5, 5.41) is 10.5. The van der Waals surface area contributed by atoms with E-state index in [2.05, 4.69) is 21.8 Å². The van der Waals surface area contributed by atoms with Crippen LogP contribution in [0.1, 0.15) is 17.5 Å². The predicted molar refractivity (Wildman–Crippen MR) is 86.8 cm³/mol. The topological polar surface area (TPSA) is 68.2 Å². The van der Waals surface area contributed by atoms with Crippen molar-refractivity contribution in [3.05, 3.63) is 53.9 Å². The summed E-state index contributed by atoms with van der Waals surface area (Å²) in [6.07, 6.45) is 4.15. The van der Waals surface area contributed by atoms with Gasteiger partial charge in [-0.1, -0.05) is 24.3 Å². The largest absolute Gasteiger partial charge is 0.378 e. The van der Waals surface area contributed by atoms with Crippen LogP contribution in [0.3, 0.4) is 0 Å². The van der Waals surface area contributed by atoms with Gasteiger partial charge in [0.15, 0.2) is 0 Å². The summed E-state index contributed by atoms with van der Waals surface area (Å²) in [7, 11) is 0. The molecule has 0 spiro atoms. The van der Waals surface area contributed by atoms with Crippen molar-refractivity contribution in [1.82, 2.24) is 20.4 Å². The molecule has 0 radical (unpaired) electrons. The minimum absolute atomic E-state index is 0.0434. The van der Waals surface area contributed by atoms with Gasteiger partial charge in [-0.25, -0.2) is 0 Å². The van der Waals surface area contributed by atoms with Gasteiger partial charge >= 0.3 is 0 Å². The van der Waals surface area contributed by atoms with E-state index in [9.17, 15) is 4.79 Å². The minimum atomic E-state index is 0.0434. The first-order valence-electron chi connectivity index (χ1n) is 7.93. The maximum atomic E-state index is 12.1. The van der Waals surface area contributed by atoms with Gasteiger partial charge in [0.05, 0.1) is 19.8 Å². The number of rotatable bonds is 6. The Morgan fingerprint density at radius 3 is 2.96 bits per heavy atom. The molecular formula is C17H22N4O2. The molecule has 0 bridgehead atoms. The molecular weight excluding hydrogens is 292 g/mol. The second-order valence-corrected chi connectivity index (χ2v) is 5.68. The molecule has 2 N–H and O–H groups in total. The Bertz CT molecular complexity index is 621. The minimum Gasteiger partial charge on any atom is -0.378 e. The van der Waals surface area contributed by atoms with Crippen molar-refractivity contribution in [3.63, 3.8) is 0 Å². The smallest absolute Gasteiger partial charge is 0.221 e. The number of carbonyl (C=O) groups is 1. The van der Waals surface area contributed by atoms with E-state index < -0.39 is 0 Å². The summed E-state index contributed by atoms with van der Waals surface area (Å²) in [6.45, 7) is 3.37. The van der Waals surface area contributed by atoms with Crippen LogP contribution in [0.5, 0.6) is 0 Å². The van der Waals surface area contributed by atoms with Crippen molar-refractivity contribution in [2.45, 2.75) is 25.6 Å². The second kappa shape index (κ2) is 7.89. The van der Waals surface area contributed by atoms with Crippen LogP contribution in [0.4, 0.5) is 0 Å². The number of aromatic nitrogens is 2. The van der Waals surface area contributed by atoms with Crippen molar-refractivity contribution < 1.29 is 9.53 Å². The summed E-state index contributed by atoms with van der Waals surface area (Å²) in [4.78, 5) is 12.1. The van der Waals surface area contributed by atoms with Gasteiger partial charge in [0.2, 0.25) is 5.91 Å². The third-order valence-electron chi connectivity index (χ3n) is 3.92. The van der Waals surface area contributed by atoms with Crippen LogP contribution in [0.15, 0.2) is 42.7 Å². The molecule has 1 saturated heterocycles. The van der Waals surface area contributed by atoms with Gasteiger partial charge in [-0.05, 0) is 17.2 Å². The number of carbonyl (C=O) groups excluding carboxylic acids is 1. The number of nitrogens with zero attached hydrogens (tertiary/aromatic N) is 2. The van der Waals surface area contributed by atoms with Crippen molar-refractivity contribution in [1.29, 1.82) is 0 Å². The quantitative estimate of drug-likeness (QED) is 0.832. The van der Waals surface area contributed by atoms with E-state index in [0.29, 0.717) is 26.1 Å². The van der Waals surface area contributed by atoms with Crippen LogP contribution < -0.4 is 10.6 Å². The van der Waals surface area contributed by atoms with Crippen LogP contribution in [-0.4, -0.2) is 41.5 Å². The summed E-state index contributed by atoms with van der Waals surface area (Å²) in [5.74, 6) is 0.0434. The lowest BCUT2D eigenvalue weighted by Crippen LogP contribution is -2.44. The average Bonchev–Trinajstić information content (AvgIpc) is 3.08. The number of hydrogen-bond donors (Lipinski definition) is 2. The van der Waals surface area contributed by atoms with Crippen molar-refractivity contribution in [3.8, 4) is 0 Å². The van der Waals surface area contributed by atoms with E-state index >= 15 is 0 Å². The van der Waals surface area contributed by atoms with E-state index in [1.807, 2.05) is 35.1 Å². The molecule has 0 aliphatic carbocycles. The Balaban J connectivity index is 1.54. The molecule has 0 saturated carbocycles. The van der Waals surface area contributed by atoms with Gasteiger partial charge in [-0.2, -0.15) is 5.10 Å². The number of morpholine rings is 1. The van der Waals surface area contributed by atoms with Crippen LogP contribution in [0.2, 0.25) is 0 Å². The maximum Gasteiger partial charge on any atom is 0.221 e. The fourth-order valence-corrected chi connectivity index (χ4v) is 2.69. The summed E-state index contributed by atoms with van der Waals surface area (Å²) in [6, 6.07) is 10.1. The lowest BCUT2D eigenvalue weighted by molar-refractivity contribution is -0.122. The molecule has 1 atom stereocenters. The van der Waals surface area contributed by atoms with Gasteiger partial charge < -0.3 is 15.4 Å². The first-order valence-corrected chi connectivity index (χ1v) is 7.93. The van der Waals surface area contributed by atoms with E-state index in [1.165, 1.54) is 0 Å². The highest BCUT2D eigenvalue weighted by Gasteiger charge is 2.16. The molecule has 122 valence electrons. The van der Waals surface area contributed by atoms with Crippen molar-refractivity contribution in [2.24, 2.45) is 0 Å². The molecule has 1 aliphatic rings. The molecule has 6 heteroatoms. The maximum absolute atomic E-state index is 12.1. The monoisotopic (exact) mass is 314 g/mol. The van der Waals surface area contributed by atoms with Gasteiger partial charge in [0.25, 0.3) is 0 Å². The highest BCUT2D eigenvalue weighted by atomic mass is 16.5. The van der Waals surface area contributed by atoms with Crippen molar-refractivity contribution >= 4 is 5.91 Å². The molecule has 1 fully saturated rings. The average molecular weight is 314 g/mol. The summed E-state index contributed by atoms with van der Waals surface area (Å²) < 4.78 is 7.25. The number of hydrogen-bond acceptors (Lipinski definition) is 4. The molecule has 2 aromatic rings. The van der Waals surface area contributed by atoms with Crippen LogP contribution >= 0.6 is 0 Å². The molecule has 23 heavy (non-hydrogen) atoms. The Morgan fingerprint density at radius 2 is 2.22 bits per heavy atom. The lowest BCUT2D eigenvalue weighted by Gasteiger charge is -2.23. The fourth-order valence-electron chi connectivity index (χ4n) is 2.69. The van der Waals surface area contributed by atoms with Crippen LogP contribution in [0, 0.1) is 0 Å². The number of ether oxygens (including phenoxy) is 1. The third-order valence-corrected chi connectivity index (χ3v) is 3.92. The Kier molecular flexibility index (Phi) is 5.39. The van der Waals surface area contributed by atoms with Gasteiger partial charge in [-0.15, -0.1) is 0 Å². The Morgan fingerprint density at radius 1 is 1.35 bits per heavy atom.